The molecule has 170 valence electrons. The highest BCUT2D eigenvalue weighted by molar-refractivity contribution is 7.92. The van der Waals surface area contributed by atoms with Gasteiger partial charge < -0.3 is 0 Å². The molecule has 0 aliphatic carbocycles. The zero-order chi connectivity index (χ0) is 23.7. The Morgan fingerprint density at radius 2 is 1.74 bits per heavy atom. The van der Waals surface area contributed by atoms with Crippen molar-refractivity contribution in [3.63, 3.8) is 0 Å². The molecule has 0 atom stereocenters. The Morgan fingerprint density at radius 3 is 2.53 bits per heavy atom. The van der Waals surface area contributed by atoms with Crippen LogP contribution in [0, 0.1) is 5.82 Å². The number of carbonyl (C=O) groups is 1. The van der Waals surface area contributed by atoms with Gasteiger partial charge in [0.25, 0.3) is 15.9 Å². The third-order valence-electron chi connectivity index (χ3n) is 4.74. The second kappa shape index (κ2) is 8.93. The van der Waals surface area contributed by atoms with Crippen LogP contribution >= 0.6 is 22.7 Å². The van der Waals surface area contributed by atoms with E-state index >= 15 is 0 Å². The predicted octanol–water partition coefficient (Wildman–Crippen LogP) is 5.61. The normalized spacial score (nSPS) is 11.4. The summed E-state index contributed by atoms with van der Waals surface area (Å²) in [7, 11) is -3.93. The summed E-state index contributed by atoms with van der Waals surface area (Å²) in [6.07, 6.45) is 0. The van der Waals surface area contributed by atoms with Gasteiger partial charge in [-0.05, 0) is 54.6 Å². The first-order valence-electron chi connectivity index (χ1n) is 9.89. The minimum Gasteiger partial charge on any atom is -0.298 e. The maximum Gasteiger partial charge on any atom is 0.261 e. The largest absolute Gasteiger partial charge is 0.298 e. The molecule has 0 saturated heterocycles. The number of carbonyl (C=O) groups excluding carboxylic acids is 1. The zero-order valence-corrected chi connectivity index (χ0v) is 19.7. The number of fused-ring (bicyclic) bond motifs is 1. The highest BCUT2D eigenvalue weighted by Crippen LogP contribution is 2.32. The number of aromatic nitrogens is 2. The van der Waals surface area contributed by atoms with Crippen molar-refractivity contribution in [2.24, 2.45) is 0 Å². The van der Waals surface area contributed by atoms with Gasteiger partial charge in [0.2, 0.25) is 0 Å². The molecule has 5 rings (SSSR count). The van der Waals surface area contributed by atoms with Crippen molar-refractivity contribution in [2.75, 3.05) is 10.0 Å². The maximum absolute atomic E-state index is 13.1. The molecular weight excluding hydrogens is 495 g/mol. The number of hydrogen-bond donors (Lipinski definition) is 2. The number of anilines is 2. The number of rotatable bonds is 6. The number of sulfonamides is 1. The highest BCUT2D eigenvalue weighted by Gasteiger charge is 2.16. The molecule has 2 N–H and O–H groups in total. The van der Waals surface area contributed by atoms with Gasteiger partial charge >= 0.3 is 0 Å². The Hall–Kier alpha value is -3.67. The fourth-order valence-corrected chi connectivity index (χ4v) is 5.87. The van der Waals surface area contributed by atoms with Crippen LogP contribution in [0.1, 0.15) is 10.4 Å². The summed E-state index contributed by atoms with van der Waals surface area (Å²) in [4.78, 5) is 21.7. The molecule has 34 heavy (non-hydrogen) atoms. The lowest BCUT2D eigenvalue weighted by molar-refractivity contribution is 0.102. The van der Waals surface area contributed by atoms with Gasteiger partial charge in [-0.25, -0.2) is 22.8 Å². The summed E-state index contributed by atoms with van der Waals surface area (Å²) in [6, 6.07) is 18.3. The lowest BCUT2D eigenvalue weighted by Crippen LogP contribution is -2.15. The number of para-hydroxylation sites is 1. The topological polar surface area (TPSA) is 101 Å². The third kappa shape index (κ3) is 4.67. The van der Waals surface area contributed by atoms with E-state index in [4.69, 9.17) is 0 Å². The molecule has 1 amide bonds. The average molecular weight is 511 g/mol. The number of amides is 1. The van der Waals surface area contributed by atoms with E-state index < -0.39 is 21.7 Å². The van der Waals surface area contributed by atoms with Gasteiger partial charge in [-0.1, -0.05) is 18.2 Å². The van der Waals surface area contributed by atoms with E-state index in [1.807, 2.05) is 29.6 Å². The minimum atomic E-state index is -3.93. The van der Waals surface area contributed by atoms with Crippen molar-refractivity contribution in [2.45, 2.75) is 4.90 Å². The second-order valence-corrected chi connectivity index (χ2v) is 10.7. The molecular formula is C23H15FN4O3S3. The first-order chi connectivity index (χ1) is 16.4. The number of benzene rings is 3. The van der Waals surface area contributed by atoms with E-state index in [0.717, 1.165) is 27.4 Å². The molecule has 2 heterocycles. The molecule has 0 unspecified atom stereocenters. The van der Waals surface area contributed by atoms with Gasteiger partial charge in [0.1, 0.15) is 16.5 Å². The highest BCUT2D eigenvalue weighted by atomic mass is 32.2. The Kier molecular flexibility index (Phi) is 5.82. The van der Waals surface area contributed by atoms with E-state index in [1.54, 1.807) is 12.1 Å². The molecule has 3 aromatic carbocycles. The van der Waals surface area contributed by atoms with Crippen LogP contribution in [0.15, 0.2) is 83.1 Å². The summed E-state index contributed by atoms with van der Waals surface area (Å²) in [6.45, 7) is 0. The Morgan fingerprint density at radius 1 is 0.941 bits per heavy atom. The van der Waals surface area contributed by atoms with Crippen LogP contribution in [0.4, 0.5) is 15.2 Å². The Bertz CT molecular complexity index is 1580. The van der Waals surface area contributed by atoms with E-state index in [2.05, 4.69) is 20.0 Å². The van der Waals surface area contributed by atoms with Crippen LogP contribution in [0.3, 0.4) is 0 Å². The molecule has 0 spiro atoms. The molecule has 0 radical (unpaired) electrons. The quantitative estimate of drug-likeness (QED) is 0.309. The van der Waals surface area contributed by atoms with Crippen LogP contribution < -0.4 is 10.0 Å². The van der Waals surface area contributed by atoms with Gasteiger partial charge in [0.15, 0.2) is 5.13 Å². The van der Waals surface area contributed by atoms with Crippen molar-refractivity contribution in [1.82, 2.24) is 9.97 Å². The van der Waals surface area contributed by atoms with Crippen molar-refractivity contribution < 1.29 is 17.6 Å². The van der Waals surface area contributed by atoms with Crippen LogP contribution in [0.5, 0.6) is 0 Å². The smallest absolute Gasteiger partial charge is 0.261 e. The van der Waals surface area contributed by atoms with Gasteiger partial charge in [-0.3, -0.25) is 14.8 Å². The summed E-state index contributed by atoms with van der Waals surface area (Å²) < 4.78 is 41.6. The molecule has 0 aliphatic heterocycles. The Balaban J connectivity index is 1.31. The fraction of sp³-hybridized carbons (Fsp3) is 0. The second-order valence-electron chi connectivity index (χ2n) is 7.12. The molecule has 11 heteroatoms. The van der Waals surface area contributed by atoms with Gasteiger partial charge in [0.05, 0.1) is 15.1 Å². The monoisotopic (exact) mass is 510 g/mol. The van der Waals surface area contributed by atoms with Gasteiger partial charge in [-0.15, -0.1) is 22.7 Å². The minimum absolute atomic E-state index is 0.0890. The number of thiazole rings is 2. The molecule has 7 nitrogen and oxygen atoms in total. The van der Waals surface area contributed by atoms with Crippen molar-refractivity contribution in [1.29, 1.82) is 0 Å². The van der Waals surface area contributed by atoms with E-state index in [1.165, 1.54) is 46.9 Å². The van der Waals surface area contributed by atoms with Crippen molar-refractivity contribution >= 4 is 59.6 Å². The molecule has 0 aliphatic rings. The predicted molar refractivity (Wildman–Crippen MR) is 132 cm³/mol. The lowest BCUT2D eigenvalue weighted by atomic mass is 10.2. The van der Waals surface area contributed by atoms with Gasteiger partial charge in [0, 0.05) is 16.6 Å². The number of hydrogen-bond acceptors (Lipinski definition) is 7. The van der Waals surface area contributed by atoms with Crippen LogP contribution in [0.25, 0.3) is 20.9 Å². The summed E-state index contributed by atoms with van der Waals surface area (Å²) in [5.41, 5.74) is 2.01. The van der Waals surface area contributed by atoms with Crippen LogP contribution in [-0.2, 0) is 10.0 Å². The molecule has 5 aromatic rings. The average Bonchev–Trinajstić information content (AvgIpc) is 3.46. The standard InChI is InChI=1S/C23H15FN4O3S3/c24-15-8-10-17(11-9-15)34(30,31)28-16-5-3-4-14(12-16)21(29)27-23-26-19(13-32-23)22-25-18-6-1-2-7-20(18)33-22/h1-13,28H,(H,26,27,29). The summed E-state index contributed by atoms with van der Waals surface area (Å²) in [5, 5.41) is 5.72. The van der Waals surface area contributed by atoms with Crippen LogP contribution in [0.2, 0.25) is 0 Å². The van der Waals surface area contributed by atoms with Crippen LogP contribution in [-0.4, -0.2) is 24.3 Å². The SMILES string of the molecule is O=C(Nc1nc(-c2nc3ccccc3s2)cs1)c1cccc(NS(=O)(=O)c2ccc(F)cc2)c1. The molecule has 0 saturated carbocycles. The number of nitrogens with one attached hydrogen (secondary N) is 2. The zero-order valence-electron chi connectivity index (χ0n) is 17.2. The first-order valence-corrected chi connectivity index (χ1v) is 13.1. The summed E-state index contributed by atoms with van der Waals surface area (Å²) >= 11 is 2.79. The van der Waals surface area contributed by atoms with Crippen molar-refractivity contribution in [3.8, 4) is 10.7 Å². The first kappa shape index (κ1) is 22.1. The number of halogens is 1. The third-order valence-corrected chi connectivity index (χ3v) is 7.95. The molecule has 2 aromatic heterocycles. The van der Waals surface area contributed by atoms with E-state index in [0.29, 0.717) is 10.8 Å². The number of nitrogens with zero attached hydrogens (tertiary/aromatic N) is 2. The van der Waals surface area contributed by atoms with E-state index in [-0.39, 0.29) is 16.1 Å². The maximum atomic E-state index is 13.1. The lowest BCUT2D eigenvalue weighted by Gasteiger charge is -2.09. The molecule has 0 fully saturated rings. The fourth-order valence-electron chi connectivity index (χ4n) is 3.13. The molecule has 0 bridgehead atoms. The van der Waals surface area contributed by atoms with Crippen molar-refractivity contribution in [3.05, 3.63) is 89.6 Å². The van der Waals surface area contributed by atoms with Gasteiger partial charge in [-0.2, -0.15) is 0 Å². The Labute approximate surface area is 202 Å². The van der Waals surface area contributed by atoms with E-state index in [9.17, 15) is 17.6 Å². The summed E-state index contributed by atoms with van der Waals surface area (Å²) in [5.74, 6) is -0.973.